The molecule has 0 saturated carbocycles. The normalized spacial score (nSPS) is 12.3. The Kier molecular flexibility index (Phi) is 3.81. The van der Waals surface area contributed by atoms with Crippen LogP contribution in [0.4, 0.5) is 8.78 Å². The highest BCUT2D eigenvalue weighted by Gasteiger charge is 2.17. The first-order valence-electron chi connectivity index (χ1n) is 5.88. The molecule has 19 heavy (non-hydrogen) atoms. The Balaban J connectivity index is 2.41. The summed E-state index contributed by atoms with van der Waals surface area (Å²) in [7, 11) is 1.58. The molecule has 2 N–H and O–H groups in total. The standard InChI is InChI=1S/C15H15F2NO/c1-9-8-10(6-7-13(9)19-2)15(18)11-4-3-5-12(16)14(11)17/h3-8,15H,18H2,1-2H3. The van der Waals surface area contributed by atoms with E-state index in [-0.39, 0.29) is 5.56 Å². The van der Waals surface area contributed by atoms with Crippen LogP contribution in [0.3, 0.4) is 0 Å². The molecule has 0 heterocycles. The van der Waals surface area contributed by atoms with Gasteiger partial charge in [0.2, 0.25) is 0 Å². The van der Waals surface area contributed by atoms with Crippen molar-refractivity contribution in [2.75, 3.05) is 7.11 Å². The molecular weight excluding hydrogens is 248 g/mol. The molecule has 0 aliphatic heterocycles. The van der Waals surface area contributed by atoms with E-state index < -0.39 is 17.7 Å². The number of methoxy groups -OCH3 is 1. The van der Waals surface area contributed by atoms with E-state index in [1.807, 2.05) is 13.0 Å². The Morgan fingerprint density at radius 1 is 1.16 bits per heavy atom. The lowest BCUT2D eigenvalue weighted by atomic mass is 9.97. The van der Waals surface area contributed by atoms with Gasteiger partial charge in [-0.05, 0) is 30.2 Å². The zero-order chi connectivity index (χ0) is 14.0. The quantitative estimate of drug-likeness (QED) is 0.921. The topological polar surface area (TPSA) is 35.2 Å². The molecule has 0 bridgehead atoms. The smallest absolute Gasteiger partial charge is 0.163 e. The SMILES string of the molecule is COc1ccc(C(N)c2cccc(F)c2F)cc1C. The summed E-state index contributed by atoms with van der Waals surface area (Å²) in [5.74, 6) is -1.06. The first-order valence-corrected chi connectivity index (χ1v) is 5.88. The monoisotopic (exact) mass is 263 g/mol. The molecule has 0 saturated heterocycles. The molecule has 2 nitrogen and oxygen atoms in total. The lowest BCUT2D eigenvalue weighted by molar-refractivity contribution is 0.411. The van der Waals surface area contributed by atoms with Gasteiger partial charge in [0, 0.05) is 5.56 Å². The molecule has 0 aliphatic rings. The van der Waals surface area contributed by atoms with Crippen LogP contribution < -0.4 is 10.5 Å². The Labute approximate surface area is 110 Å². The van der Waals surface area contributed by atoms with Crippen LogP contribution >= 0.6 is 0 Å². The number of rotatable bonds is 3. The van der Waals surface area contributed by atoms with Gasteiger partial charge in [0.1, 0.15) is 5.75 Å². The fraction of sp³-hybridized carbons (Fsp3) is 0.200. The van der Waals surface area contributed by atoms with Crippen LogP contribution in [-0.2, 0) is 0 Å². The summed E-state index contributed by atoms with van der Waals surface area (Å²) in [6.07, 6.45) is 0. The molecule has 2 aromatic carbocycles. The second kappa shape index (κ2) is 5.36. The van der Waals surface area contributed by atoms with Crippen LogP contribution in [0.1, 0.15) is 22.7 Å². The average molecular weight is 263 g/mol. The molecule has 100 valence electrons. The lowest BCUT2D eigenvalue weighted by Gasteiger charge is -2.15. The third-order valence-corrected chi connectivity index (χ3v) is 3.09. The van der Waals surface area contributed by atoms with E-state index in [2.05, 4.69) is 0 Å². The van der Waals surface area contributed by atoms with Crippen LogP contribution in [0.2, 0.25) is 0 Å². The van der Waals surface area contributed by atoms with Crippen molar-refractivity contribution in [3.8, 4) is 5.75 Å². The number of hydrogen-bond donors (Lipinski definition) is 1. The molecule has 0 spiro atoms. The number of halogens is 2. The highest BCUT2D eigenvalue weighted by Crippen LogP contribution is 2.27. The van der Waals surface area contributed by atoms with Crippen molar-refractivity contribution >= 4 is 0 Å². The maximum atomic E-state index is 13.7. The van der Waals surface area contributed by atoms with E-state index in [0.29, 0.717) is 5.56 Å². The zero-order valence-electron chi connectivity index (χ0n) is 10.8. The molecule has 0 aliphatic carbocycles. The van der Waals surface area contributed by atoms with E-state index in [1.54, 1.807) is 19.2 Å². The van der Waals surface area contributed by atoms with Gasteiger partial charge in [-0.2, -0.15) is 0 Å². The number of ether oxygens (including phenoxy) is 1. The van der Waals surface area contributed by atoms with Crippen molar-refractivity contribution in [1.29, 1.82) is 0 Å². The summed E-state index contributed by atoms with van der Waals surface area (Å²) in [6.45, 7) is 1.87. The molecule has 1 atom stereocenters. The van der Waals surface area contributed by atoms with Gasteiger partial charge in [0.15, 0.2) is 11.6 Å². The predicted molar refractivity (Wildman–Crippen MR) is 70.1 cm³/mol. The Bertz CT molecular complexity index is 599. The van der Waals surface area contributed by atoms with Crippen LogP contribution in [0, 0.1) is 18.6 Å². The summed E-state index contributed by atoms with van der Waals surface area (Å²) in [5.41, 5.74) is 7.75. The zero-order valence-corrected chi connectivity index (χ0v) is 10.8. The summed E-state index contributed by atoms with van der Waals surface area (Å²) in [4.78, 5) is 0. The van der Waals surface area contributed by atoms with Crippen LogP contribution in [-0.4, -0.2) is 7.11 Å². The highest BCUT2D eigenvalue weighted by molar-refractivity contribution is 5.40. The van der Waals surface area contributed by atoms with Crippen molar-refractivity contribution in [3.05, 3.63) is 64.7 Å². The maximum Gasteiger partial charge on any atom is 0.163 e. The second-order valence-electron chi connectivity index (χ2n) is 4.35. The van der Waals surface area contributed by atoms with Crippen LogP contribution in [0.15, 0.2) is 36.4 Å². The van der Waals surface area contributed by atoms with E-state index in [4.69, 9.17) is 10.5 Å². The maximum absolute atomic E-state index is 13.7. The summed E-state index contributed by atoms with van der Waals surface area (Å²) in [5, 5.41) is 0. The Morgan fingerprint density at radius 3 is 2.53 bits per heavy atom. The molecule has 2 aromatic rings. The minimum absolute atomic E-state index is 0.143. The molecular formula is C15H15F2NO. The van der Waals surface area contributed by atoms with Crippen molar-refractivity contribution in [2.45, 2.75) is 13.0 Å². The summed E-state index contributed by atoms with van der Waals surface area (Å²) >= 11 is 0. The van der Waals surface area contributed by atoms with Gasteiger partial charge in [-0.15, -0.1) is 0 Å². The number of aryl methyl sites for hydroxylation is 1. The molecule has 1 unspecified atom stereocenters. The lowest BCUT2D eigenvalue weighted by Crippen LogP contribution is -2.14. The fourth-order valence-electron chi connectivity index (χ4n) is 2.04. The highest BCUT2D eigenvalue weighted by atomic mass is 19.2. The minimum atomic E-state index is -0.900. The van der Waals surface area contributed by atoms with E-state index in [0.717, 1.165) is 17.4 Å². The summed E-state index contributed by atoms with van der Waals surface area (Å²) in [6, 6.07) is 8.63. The third-order valence-electron chi connectivity index (χ3n) is 3.09. The summed E-state index contributed by atoms with van der Waals surface area (Å²) < 4.78 is 32.1. The molecule has 4 heteroatoms. The van der Waals surface area contributed by atoms with Gasteiger partial charge in [-0.3, -0.25) is 0 Å². The molecule has 0 aromatic heterocycles. The van der Waals surface area contributed by atoms with E-state index >= 15 is 0 Å². The fourth-order valence-corrected chi connectivity index (χ4v) is 2.04. The van der Waals surface area contributed by atoms with Crippen molar-refractivity contribution in [3.63, 3.8) is 0 Å². The number of benzene rings is 2. The van der Waals surface area contributed by atoms with E-state index in [9.17, 15) is 8.78 Å². The van der Waals surface area contributed by atoms with Gasteiger partial charge in [-0.25, -0.2) is 8.78 Å². The van der Waals surface area contributed by atoms with Crippen molar-refractivity contribution in [1.82, 2.24) is 0 Å². The van der Waals surface area contributed by atoms with Gasteiger partial charge in [0.05, 0.1) is 13.2 Å². The van der Waals surface area contributed by atoms with Gasteiger partial charge in [-0.1, -0.05) is 24.3 Å². The second-order valence-corrected chi connectivity index (χ2v) is 4.35. The predicted octanol–water partition coefficient (Wildman–Crippen LogP) is 3.33. The van der Waals surface area contributed by atoms with Crippen molar-refractivity contribution < 1.29 is 13.5 Å². The van der Waals surface area contributed by atoms with E-state index in [1.165, 1.54) is 12.1 Å². The molecule has 0 radical (unpaired) electrons. The Morgan fingerprint density at radius 2 is 1.89 bits per heavy atom. The van der Waals surface area contributed by atoms with Gasteiger partial charge >= 0.3 is 0 Å². The number of hydrogen-bond acceptors (Lipinski definition) is 2. The van der Waals surface area contributed by atoms with Crippen LogP contribution in [0.25, 0.3) is 0 Å². The molecule has 0 fully saturated rings. The molecule has 0 amide bonds. The first kappa shape index (κ1) is 13.5. The van der Waals surface area contributed by atoms with Crippen molar-refractivity contribution in [2.24, 2.45) is 5.73 Å². The van der Waals surface area contributed by atoms with Gasteiger partial charge in [0.25, 0.3) is 0 Å². The van der Waals surface area contributed by atoms with Crippen LogP contribution in [0.5, 0.6) is 5.75 Å². The minimum Gasteiger partial charge on any atom is -0.496 e. The largest absolute Gasteiger partial charge is 0.496 e. The third kappa shape index (κ3) is 2.58. The first-order chi connectivity index (χ1) is 9.04. The average Bonchev–Trinajstić information content (AvgIpc) is 2.41. The van der Waals surface area contributed by atoms with Gasteiger partial charge < -0.3 is 10.5 Å². The Hall–Kier alpha value is -1.94. The molecule has 2 rings (SSSR count). The number of nitrogens with two attached hydrogens (primary N) is 1.